The fourth-order valence-corrected chi connectivity index (χ4v) is 3.56. The molecule has 0 bridgehead atoms. The Balaban J connectivity index is 1.57. The Morgan fingerprint density at radius 3 is 2.62 bits per heavy atom. The smallest absolute Gasteiger partial charge is 0.163 e. The van der Waals surface area contributed by atoms with Gasteiger partial charge in [-0.2, -0.15) is 0 Å². The van der Waals surface area contributed by atoms with Gasteiger partial charge in [0, 0.05) is 18.0 Å². The highest BCUT2D eigenvalue weighted by atomic mass is 35.5. The van der Waals surface area contributed by atoms with Crippen molar-refractivity contribution < 1.29 is 9.47 Å². The maximum Gasteiger partial charge on any atom is 0.163 e. The fraction of sp³-hybridized carbons (Fsp3) is 0.0870. The molecule has 5 rings (SSSR count). The Kier molecular flexibility index (Phi) is 4.58. The normalized spacial score (nSPS) is 13.5. The molecular formula is C23H18ClN3O2. The lowest BCUT2D eigenvalue weighted by Gasteiger charge is -2.19. The number of imidazole rings is 1. The second kappa shape index (κ2) is 7.53. The number of nitrogens with zero attached hydrogens (tertiary/aromatic N) is 2. The first-order valence-electron chi connectivity index (χ1n) is 9.34. The van der Waals surface area contributed by atoms with Gasteiger partial charge in [0.05, 0.1) is 5.03 Å². The molecular weight excluding hydrogens is 386 g/mol. The van der Waals surface area contributed by atoms with Crippen LogP contribution in [-0.2, 0) is 0 Å². The summed E-state index contributed by atoms with van der Waals surface area (Å²) < 4.78 is 13.3. The number of hydrogen-bond acceptors (Lipinski definition) is 4. The number of pyridine rings is 1. The van der Waals surface area contributed by atoms with E-state index in [2.05, 4.69) is 5.32 Å². The van der Waals surface area contributed by atoms with Crippen LogP contribution in [0, 0.1) is 0 Å². The second-order valence-corrected chi connectivity index (χ2v) is 7.03. The zero-order chi connectivity index (χ0) is 19.6. The van der Waals surface area contributed by atoms with Crippen molar-refractivity contribution >= 4 is 39.9 Å². The fourth-order valence-electron chi connectivity index (χ4n) is 3.30. The number of rotatable bonds is 4. The summed E-state index contributed by atoms with van der Waals surface area (Å²) >= 11 is 6.70. The average Bonchev–Trinajstić information content (AvgIpc) is 3.13. The maximum absolute atomic E-state index is 6.70. The summed E-state index contributed by atoms with van der Waals surface area (Å²) in [4.78, 5) is 4.74. The van der Waals surface area contributed by atoms with Crippen molar-refractivity contribution in [3.63, 3.8) is 0 Å². The Morgan fingerprint density at radius 1 is 0.966 bits per heavy atom. The van der Waals surface area contributed by atoms with Gasteiger partial charge in [0.2, 0.25) is 0 Å². The number of nitrogens with one attached hydrogen (secondary N) is 1. The van der Waals surface area contributed by atoms with Gasteiger partial charge < -0.3 is 14.8 Å². The van der Waals surface area contributed by atoms with E-state index in [-0.39, 0.29) is 0 Å². The first-order chi connectivity index (χ1) is 14.3. The third-order valence-electron chi connectivity index (χ3n) is 4.65. The molecule has 1 aliphatic heterocycles. The molecule has 0 radical (unpaired) electrons. The maximum atomic E-state index is 6.70. The van der Waals surface area contributed by atoms with E-state index in [1.807, 2.05) is 83.4 Å². The number of halogens is 1. The number of benzene rings is 2. The molecule has 4 aromatic rings. The van der Waals surface area contributed by atoms with Gasteiger partial charge in [0.15, 0.2) is 11.5 Å². The molecule has 5 nitrogen and oxygen atoms in total. The predicted molar refractivity (Wildman–Crippen MR) is 116 cm³/mol. The van der Waals surface area contributed by atoms with Gasteiger partial charge in [-0.15, -0.1) is 0 Å². The zero-order valence-electron chi connectivity index (χ0n) is 15.5. The molecule has 0 unspecified atom stereocenters. The van der Waals surface area contributed by atoms with Gasteiger partial charge in [0.1, 0.15) is 30.4 Å². The summed E-state index contributed by atoms with van der Waals surface area (Å²) in [6.45, 7) is 1.11. The summed E-state index contributed by atoms with van der Waals surface area (Å²) in [5, 5.41) is 4.01. The highest BCUT2D eigenvalue weighted by molar-refractivity contribution is 6.51. The van der Waals surface area contributed by atoms with Gasteiger partial charge >= 0.3 is 0 Å². The summed E-state index contributed by atoms with van der Waals surface area (Å²) in [5.41, 5.74) is 3.36. The Hall–Kier alpha value is -3.44. The largest absolute Gasteiger partial charge is 0.486 e. The van der Waals surface area contributed by atoms with Crippen molar-refractivity contribution in [2.45, 2.75) is 0 Å². The monoisotopic (exact) mass is 403 g/mol. The number of anilines is 2. The van der Waals surface area contributed by atoms with E-state index in [0.29, 0.717) is 23.9 Å². The van der Waals surface area contributed by atoms with E-state index >= 15 is 0 Å². The van der Waals surface area contributed by atoms with Crippen LogP contribution in [0.3, 0.4) is 0 Å². The first-order valence-corrected chi connectivity index (χ1v) is 9.72. The van der Waals surface area contributed by atoms with Gasteiger partial charge in [-0.3, -0.25) is 4.40 Å². The van der Waals surface area contributed by atoms with E-state index in [1.165, 1.54) is 0 Å². The molecule has 6 heteroatoms. The van der Waals surface area contributed by atoms with E-state index in [4.69, 9.17) is 26.1 Å². The summed E-state index contributed by atoms with van der Waals surface area (Å²) in [5.74, 6) is 2.26. The molecule has 1 aliphatic rings. The third-order valence-corrected chi connectivity index (χ3v) is 4.94. The van der Waals surface area contributed by atoms with Gasteiger partial charge in [-0.1, -0.05) is 48.0 Å². The molecule has 29 heavy (non-hydrogen) atoms. The molecule has 0 aliphatic carbocycles. The van der Waals surface area contributed by atoms with Gasteiger partial charge in [-0.05, 0) is 35.9 Å². The van der Waals surface area contributed by atoms with Crippen LogP contribution < -0.4 is 14.8 Å². The van der Waals surface area contributed by atoms with E-state index in [0.717, 1.165) is 34.2 Å². The summed E-state index contributed by atoms with van der Waals surface area (Å²) in [6, 6.07) is 21.6. The van der Waals surface area contributed by atoms with Crippen LogP contribution in [0.5, 0.6) is 11.5 Å². The molecule has 0 saturated carbocycles. The summed E-state index contributed by atoms with van der Waals surface area (Å²) in [7, 11) is 0. The molecule has 0 atom stereocenters. The minimum absolute atomic E-state index is 0.545. The number of hydrogen-bond donors (Lipinski definition) is 1. The molecule has 0 spiro atoms. The lowest BCUT2D eigenvalue weighted by Crippen LogP contribution is -2.15. The Morgan fingerprint density at radius 2 is 1.76 bits per heavy atom. The van der Waals surface area contributed by atoms with E-state index in [1.54, 1.807) is 0 Å². The predicted octanol–water partition coefficient (Wildman–Crippen LogP) is 5.59. The number of ether oxygens (including phenoxy) is 2. The number of fused-ring (bicyclic) bond motifs is 2. The molecule has 0 saturated heterocycles. The molecule has 1 N–H and O–H groups in total. The highest BCUT2D eigenvalue weighted by Crippen LogP contribution is 2.36. The standard InChI is InChI=1S/C23H18ClN3O2/c24-18(14-16-6-2-1-3-7-16)22-23(27-11-5-4-8-21(27)26-22)25-17-9-10-19-20(15-17)29-13-12-28-19/h1-11,14-15,25H,12-13H2. The van der Waals surface area contributed by atoms with Gasteiger partial charge in [-0.25, -0.2) is 4.98 Å². The van der Waals surface area contributed by atoms with Crippen molar-refractivity contribution in [1.82, 2.24) is 9.38 Å². The van der Waals surface area contributed by atoms with Crippen molar-refractivity contribution in [1.29, 1.82) is 0 Å². The van der Waals surface area contributed by atoms with E-state index in [9.17, 15) is 0 Å². The third kappa shape index (κ3) is 3.52. The molecule has 0 fully saturated rings. The zero-order valence-corrected chi connectivity index (χ0v) is 16.3. The van der Waals surface area contributed by atoms with Gasteiger partial charge in [0.25, 0.3) is 0 Å². The average molecular weight is 404 g/mol. The van der Waals surface area contributed by atoms with Crippen LogP contribution in [0.25, 0.3) is 16.8 Å². The highest BCUT2D eigenvalue weighted by Gasteiger charge is 2.17. The topological polar surface area (TPSA) is 47.8 Å². The van der Waals surface area contributed by atoms with Crippen LogP contribution >= 0.6 is 11.6 Å². The minimum Gasteiger partial charge on any atom is -0.486 e. The van der Waals surface area contributed by atoms with Crippen LogP contribution in [0.15, 0.2) is 72.9 Å². The van der Waals surface area contributed by atoms with Crippen molar-refractivity contribution in [3.8, 4) is 11.5 Å². The van der Waals surface area contributed by atoms with Crippen LogP contribution in [-0.4, -0.2) is 22.6 Å². The molecule has 144 valence electrons. The molecule has 2 aromatic heterocycles. The van der Waals surface area contributed by atoms with Crippen LogP contribution in [0.1, 0.15) is 11.3 Å². The lowest BCUT2D eigenvalue weighted by molar-refractivity contribution is 0.171. The SMILES string of the molecule is ClC(=Cc1ccccc1)c1nc2ccccn2c1Nc1ccc2c(c1)OCCO2. The van der Waals surface area contributed by atoms with Crippen molar-refractivity contribution in [2.24, 2.45) is 0 Å². The Labute approximate surface area is 173 Å². The second-order valence-electron chi connectivity index (χ2n) is 6.62. The van der Waals surface area contributed by atoms with Crippen molar-refractivity contribution in [3.05, 3.63) is 84.2 Å². The van der Waals surface area contributed by atoms with E-state index < -0.39 is 0 Å². The van der Waals surface area contributed by atoms with Crippen molar-refractivity contribution in [2.75, 3.05) is 18.5 Å². The Bertz CT molecular complexity index is 1200. The quantitative estimate of drug-likeness (QED) is 0.482. The summed E-state index contributed by atoms with van der Waals surface area (Å²) in [6.07, 6.45) is 3.87. The van der Waals surface area contributed by atoms with Crippen LogP contribution in [0.2, 0.25) is 0 Å². The number of aromatic nitrogens is 2. The first kappa shape index (κ1) is 17.6. The molecule has 0 amide bonds. The molecule has 3 heterocycles. The molecule has 2 aromatic carbocycles. The lowest BCUT2D eigenvalue weighted by atomic mass is 10.2. The van der Waals surface area contributed by atoms with Crippen LogP contribution in [0.4, 0.5) is 11.5 Å². The minimum atomic E-state index is 0.545.